The molecule has 1 aromatic rings. The number of nitrogens with zero attached hydrogens (tertiary/aromatic N) is 2. The molecule has 0 bridgehead atoms. The van der Waals surface area contributed by atoms with E-state index in [-0.39, 0.29) is 18.5 Å². The molecule has 5 heteroatoms. The van der Waals surface area contributed by atoms with Crippen molar-refractivity contribution in [1.82, 2.24) is 10.2 Å². The van der Waals surface area contributed by atoms with Crippen LogP contribution >= 0.6 is 0 Å². The molecule has 5 nitrogen and oxygen atoms in total. The third-order valence-electron chi connectivity index (χ3n) is 2.70. The summed E-state index contributed by atoms with van der Waals surface area (Å²) < 4.78 is 0. The molecule has 0 spiro atoms. The largest absolute Gasteiger partial charge is 0.324 e. The lowest BCUT2D eigenvalue weighted by Crippen LogP contribution is -2.28. The van der Waals surface area contributed by atoms with Gasteiger partial charge in [0.1, 0.15) is 6.54 Å². The molecule has 0 radical (unpaired) electrons. The van der Waals surface area contributed by atoms with Gasteiger partial charge < -0.3 is 4.90 Å². The van der Waals surface area contributed by atoms with Crippen molar-refractivity contribution in [3.8, 4) is 6.07 Å². The number of benzene rings is 1. The van der Waals surface area contributed by atoms with Gasteiger partial charge in [0.05, 0.1) is 11.6 Å². The minimum atomic E-state index is -0.362. The first-order valence-electron chi connectivity index (χ1n) is 5.18. The van der Waals surface area contributed by atoms with Crippen molar-refractivity contribution in [1.29, 1.82) is 5.26 Å². The van der Waals surface area contributed by atoms with Crippen LogP contribution in [0, 0.1) is 18.3 Å². The fraction of sp³-hybridized carbons (Fsp3) is 0.250. The van der Waals surface area contributed by atoms with Gasteiger partial charge in [0.15, 0.2) is 0 Å². The summed E-state index contributed by atoms with van der Waals surface area (Å²) in [6, 6.07) is 6.98. The Kier molecular flexibility index (Phi) is 2.79. The highest BCUT2D eigenvalue weighted by atomic mass is 16.2. The number of aryl methyl sites for hydroxylation is 1. The number of amides is 3. The van der Waals surface area contributed by atoms with Gasteiger partial charge in [-0.1, -0.05) is 6.07 Å². The Morgan fingerprint density at radius 1 is 1.47 bits per heavy atom. The molecule has 17 heavy (non-hydrogen) atoms. The second kappa shape index (κ2) is 4.26. The lowest BCUT2D eigenvalue weighted by Gasteiger charge is -2.14. The Labute approximate surface area is 98.6 Å². The Bertz CT molecular complexity index is 531. The number of carbonyl (C=O) groups excluding carboxylic acids is 2. The van der Waals surface area contributed by atoms with Gasteiger partial charge in [0.25, 0.3) is 0 Å². The van der Waals surface area contributed by atoms with Crippen LogP contribution in [-0.4, -0.2) is 23.4 Å². The average molecular weight is 229 g/mol. The summed E-state index contributed by atoms with van der Waals surface area (Å²) >= 11 is 0. The summed E-state index contributed by atoms with van der Waals surface area (Å²) in [6.07, 6.45) is 0. The zero-order chi connectivity index (χ0) is 12.4. The van der Waals surface area contributed by atoms with E-state index in [1.165, 1.54) is 4.90 Å². The van der Waals surface area contributed by atoms with Crippen LogP contribution in [0.5, 0.6) is 0 Å². The molecule has 2 rings (SSSR count). The number of nitriles is 1. The standard InChI is InChI=1S/C12H11N3O2/c1-8-4-9(5-13)2-3-10(8)6-15-7-11(16)14-12(15)17/h2-4H,6-7H2,1H3,(H,14,16,17). The zero-order valence-corrected chi connectivity index (χ0v) is 9.36. The number of rotatable bonds is 2. The first-order chi connectivity index (χ1) is 8.10. The summed E-state index contributed by atoms with van der Waals surface area (Å²) in [5.74, 6) is -0.277. The van der Waals surface area contributed by atoms with E-state index < -0.39 is 0 Å². The number of hydrogen-bond acceptors (Lipinski definition) is 3. The maximum absolute atomic E-state index is 11.4. The number of imide groups is 1. The third-order valence-corrected chi connectivity index (χ3v) is 2.70. The van der Waals surface area contributed by atoms with E-state index in [1.54, 1.807) is 12.1 Å². The zero-order valence-electron chi connectivity index (χ0n) is 9.36. The highest BCUT2D eigenvalue weighted by molar-refractivity contribution is 6.01. The van der Waals surface area contributed by atoms with Crippen LogP contribution < -0.4 is 5.32 Å². The van der Waals surface area contributed by atoms with Gasteiger partial charge in [-0.05, 0) is 30.2 Å². The quantitative estimate of drug-likeness (QED) is 0.766. The normalized spacial score (nSPS) is 14.7. The van der Waals surface area contributed by atoms with Crippen molar-refractivity contribution in [3.05, 3.63) is 34.9 Å². The summed E-state index contributed by atoms with van der Waals surface area (Å²) in [6.45, 7) is 2.36. The van der Waals surface area contributed by atoms with E-state index in [2.05, 4.69) is 11.4 Å². The van der Waals surface area contributed by atoms with E-state index in [9.17, 15) is 9.59 Å². The van der Waals surface area contributed by atoms with E-state index in [4.69, 9.17) is 5.26 Å². The molecule has 0 aromatic heterocycles. The fourth-order valence-corrected chi connectivity index (χ4v) is 1.76. The lowest BCUT2D eigenvalue weighted by molar-refractivity contribution is -0.118. The maximum atomic E-state index is 11.4. The molecule has 1 saturated heterocycles. The average Bonchev–Trinajstić information content (AvgIpc) is 2.60. The lowest BCUT2D eigenvalue weighted by atomic mass is 10.1. The predicted molar refractivity (Wildman–Crippen MR) is 59.8 cm³/mol. The Hall–Kier alpha value is -2.35. The van der Waals surface area contributed by atoms with Crippen molar-refractivity contribution in [2.45, 2.75) is 13.5 Å². The summed E-state index contributed by atoms with van der Waals surface area (Å²) in [4.78, 5) is 23.8. The van der Waals surface area contributed by atoms with Crippen molar-refractivity contribution in [3.63, 3.8) is 0 Å². The molecule has 1 aliphatic rings. The topological polar surface area (TPSA) is 73.2 Å². The molecule has 1 aliphatic heterocycles. The molecule has 86 valence electrons. The number of urea groups is 1. The highest BCUT2D eigenvalue weighted by Gasteiger charge is 2.26. The minimum Gasteiger partial charge on any atom is -0.311 e. The van der Waals surface area contributed by atoms with E-state index in [1.807, 2.05) is 13.0 Å². The molecular formula is C12H11N3O2. The van der Waals surface area contributed by atoms with E-state index in [0.29, 0.717) is 12.1 Å². The molecule has 0 saturated carbocycles. The van der Waals surface area contributed by atoms with E-state index >= 15 is 0 Å². The van der Waals surface area contributed by atoms with E-state index in [0.717, 1.165) is 11.1 Å². The molecule has 3 amide bonds. The molecule has 0 aliphatic carbocycles. The van der Waals surface area contributed by atoms with Crippen LogP contribution in [0.3, 0.4) is 0 Å². The Balaban J connectivity index is 2.17. The van der Waals surface area contributed by atoms with Gasteiger partial charge in [0.2, 0.25) is 5.91 Å². The van der Waals surface area contributed by atoms with Gasteiger partial charge in [-0.25, -0.2) is 4.79 Å². The predicted octanol–water partition coefficient (Wildman–Crippen LogP) is 0.919. The molecule has 1 aromatic carbocycles. The molecule has 1 heterocycles. The monoisotopic (exact) mass is 229 g/mol. The van der Waals surface area contributed by atoms with Crippen LogP contribution in [0.1, 0.15) is 16.7 Å². The van der Waals surface area contributed by atoms with Crippen LogP contribution in [0.2, 0.25) is 0 Å². The first-order valence-corrected chi connectivity index (χ1v) is 5.18. The summed E-state index contributed by atoms with van der Waals surface area (Å²) in [5, 5.41) is 11.0. The Morgan fingerprint density at radius 3 is 2.76 bits per heavy atom. The smallest absolute Gasteiger partial charge is 0.311 e. The van der Waals surface area contributed by atoms with Crippen molar-refractivity contribution in [2.75, 3.05) is 6.54 Å². The molecule has 1 fully saturated rings. The second-order valence-corrected chi connectivity index (χ2v) is 3.96. The first kappa shape index (κ1) is 11.1. The second-order valence-electron chi connectivity index (χ2n) is 3.96. The van der Waals surface area contributed by atoms with Crippen LogP contribution in [0.15, 0.2) is 18.2 Å². The number of hydrogen-bond donors (Lipinski definition) is 1. The highest BCUT2D eigenvalue weighted by Crippen LogP contribution is 2.14. The van der Waals surface area contributed by atoms with Crippen molar-refractivity contribution >= 4 is 11.9 Å². The SMILES string of the molecule is Cc1cc(C#N)ccc1CN1CC(=O)NC1=O. The van der Waals surface area contributed by atoms with Gasteiger partial charge in [0, 0.05) is 6.54 Å². The van der Waals surface area contributed by atoms with Gasteiger partial charge in [-0.2, -0.15) is 5.26 Å². The molecular weight excluding hydrogens is 218 g/mol. The van der Waals surface area contributed by atoms with Crippen LogP contribution in [0.25, 0.3) is 0 Å². The van der Waals surface area contributed by atoms with Crippen molar-refractivity contribution in [2.24, 2.45) is 0 Å². The maximum Gasteiger partial charge on any atom is 0.324 e. The minimum absolute atomic E-state index is 0.0955. The summed E-state index contributed by atoms with van der Waals surface area (Å²) in [5.41, 5.74) is 2.47. The molecule has 1 N–H and O–H groups in total. The number of nitrogens with one attached hydrogen (secondary N) is 1. The third kappa shape index (κ3) is 2.26. The molecule has 0 atom stereocenters. The van der Waals surface area contributed by atoms with Crippen molar-refractivity contribution < 1.29 is 9.59 Å². The Morgan fingerprint density at radius 2 is 2.24 bits per heavy atom. The van der Waals surface area contributed by atoms with Crippen LogP contribution in [-0.2, 0) is 11.3 Å². The number of carbonyl (C=O) groups is 2. The van der Waals surface area contributed by atoms with Gasteiger partial charge in [-0.3, -0.25) is 10.1 Å². The summed E-state index contributed by atoms with van der Waals surface area (Å²) in [7, 11) is 0. The fourth-order valence-electron chi connectivity index (χ4n) is 1.76. The van der Waals surface area contributed by atoms with Crippen LogP contribution in [0.4, 0.5) is 4.79 Å². The van der Waals surface area contributed by atoms with Gasteiger partial charge >= 0.3 is 6.03 Å². The van der Waals surface area contributed by atoms with Gasteiger partial charge in [-0.15, -0.1) is 0 Å². The molecule has 0 unspecified atom stereocenters.